The molecule has 0 aliphatic heterocycles. The zero-order chi connectivity index (χ0) is 3.58. The van der Waals surface area contributed by atoms with E-state index >= 15 is 0 Å². The van der Waals surface area contributed by atoms with Gasteiger partial charge in [0.15, 0.2) is 0 Å². The second-order valence-corrected chi connectivity index (χ2v) is 4.48. The Morgan fingerprint density at radius 2 is 1.50 bits per heavy atom. The molecule has 24 valence electrons. The van der Waals surface area contributed by atoms with Crippen LogP contribution in [0.5, 0.6) is 0 Å². The predicted octanol–water partition coefficient (Wildman–Crippen LogP) is 1.79. The first-order valence-electron chi connectivity index (χ1n) is 0.628. The van der Waals surface area contributed by atoms with Gasteiger partial charge in [-0.3, -0.25) is 5.41 Å². The summed E-state index contributed by atoms with van der Waals surface area (Å²) >= 11 is 3.83. The molecule has 0 fully saturated rings. The van der Waals surface area contributed by atoms with Crippen LogP contribution in [0, 0.1) is 5.41 Å². The molecule has 0 aromatic carbocycles. The average Bonchev–Trinajstić information content (AvgIpc) is 0.811. The Morgan fingerprint density at radius 1 is 1.50 bits per heavy atom. The van der Waals surface area contributed by atoms with E-state index in [1.807, 2.05) is 45.2 Å². The number of hydrogen-bond donors (Lipinski definition) is 1. The van der Waals surface area contributed by atoms with E-state index in [4.69, 9.17) is 5.41 Å². The molecule has 1 N–H and O–H groups in total. The smallest absolute Gasteiger partial charge is 0.130 e. The molecular weight excluding hydrogens is 280 g/mol. The van der Waals surface area contributed by atoms with E-state index in [0.29, 0.717) is 1.73 Å². The Hall–Kier alpha value is 1.13. The lowest BCUT2D eigenvalue weighted by Crippen LogP contribution is -1.46. The van der Waals surface area contributed by atoms with E-state index in [9.17, 15) is 0 Å². The molecule has 0 atom stereocenters. The summed E-state index contributed by atoms with van der Waals surface area (Å²) in [6, 6.07) is 0. The van der Waals surface area contributed by atoms with Crippen LogP contribution < -0.4 is 0 Å². The third kappa shape index (κ3) is 11.1. The highest BCUT2D eigenvalue weighted by Gasteiger charge is 1.62. The van der Waals surface area contributed by atoms with Gasteiger partial charge in [0.05, 0.1) is 0 Å². The first-order chi connectivity index (χ1) is 1.73. The summed E-state index contributed by atoms with van der Waals surface area (Å²) in [5.74, 6) is 0. The molecule has 0 aromatic rings. The maximum absolute atomic E-state index is 6.47. The third-order valence-corrected chi connectivity index (χ3v) is 0. The van der Waals surface area contributed by atoms with E-state index < -0.39 is 0 Å². The lowest BCUT2D eigenvalue weighted by atomic mass is 11.8. The van der Waals surface area contributed by atoms with Crippen molar-refractivity contribution in [3.63, 3.8) is 0 Å². The molecule has 3 heteroatoms. The number of hydrogen-bond acceptors (Lipinski definition) is 1. The van der Waals surface area contributed by atoms with Gasteiger partial charge in [-0.15, -0.1) is 0 Å². The summed E-state index contributed by atoms with van der Waals surface area (Å²) in [6.07, 6.45) is 0. The van der Waals surface area contributed by atoms with E-state index in [-0.39, 0.29) is 0 Å². The molecule has 0 saturated heterocycles. The molecule has 0 bridgehead atoms. The van der Waals surface area contributed by atoms with Crippen molar-refractivity contribution in [2.45, 2.75) is 0 Å². The van der Waals surface area contributed by atoms with E-state index in [1.165, 1.54) is 0 Å². The van der Waals surface area contributed by atoms with Gasteiger partial charge in [0.25, 0.3) is 0 Å². The Balaban J connectivity index is 2.80. The second-order valence-electron chi connectivity index (χ2n) is 0.260. The van der Waals surface area contributed by atoms with Crippen LogP contribution in [0.25, 0.3) is 0 Å². The van der Waals surface area contributed by atoms with Gasteiger partial charge in [0, 0.05) is 0 Å². The molecular formula is CHI2N. The normalized spacial score (nSPS) is 6.50. The molecule has 0 saturated carbocycles. The highest BCUT2D eigenvalue weighted by atomic mass is 127. The van der Waals surface area contributed by atoms with Crippen molar-refractivity contribution in [2.75, 3.05) is 0 Å². The van der Waals surface area contributed by atoms with Crippen molar-refractivity contribution in [1.82, 2.24) is 0 Å². The van der Waals surface area contributed by atoms with Crippen LogP contribution in [0.3, 0.4) is 0 Å². The summed E-state index contributed by atoms with van der Waals surface area (Å²) in [5, 5.41) is 6.47. The average molecular weight is 281 g/mol. The molecule has 0 aromatic heterocycles. The van der Waals surface area contributed by atoms with Crippen molar-refractivity contribution in [3.8, 4) is 0 Å². The van der Waals surface area contributed by atoms with Crippen molar-refractivity contribution in [1.29, 1.82) is 5.41 Å². The lowest BCUT2D eigenvalue weighted by Gasteiger charge is -1.56. The summed E-state index contributed by atoms with van der Waals surface area (Å²) in [5.41, 5.74) is 0. The standard InChI is InChI=1S/CHI2N/c2-1(3)4/h4H. The molecule has 0 aliphatic rings. The number of rotatable bonds is 0. The van der Waals surface area contributed by atoms with Gasteiger partial charge in [-0.25, -0.2) is 0 Å². The quantitative estimate of drug-likeness (QED) is 0.517. The minimum absolute atomic E-state index is 0.607. The molecule has 0 aliphatic carbocycles. The minimum Gasteiger partial charge on any atom is -0.289 e. The molecule has 0 heterocycles. The molecule has 0 amide bonds. The Bertz CT molecular complexity index is 29.0. The topological polar surface area (TPSA) is 23.9 Å². The number of nitrogens with one attached hydrogen (secondary N) is 1. The molecule has 0 rings (SSSR count). The van der Waals surface area contributed by atoms with Crippen LogP contribution >= 0.6 is 45.2 Å². The highest BCUT2D eigenvalue weighted by Crippen LogP contribution is 1.92. The van der Waals surface area contributed by atoms with Crippen LogP contribution in [0.2, 0.25) is 0 Å². The van der Waals surface area contributed by atoms with Gasteiger partial charge in [0.2, 0.25) is 0 Å². The molecule has 0 unspecified atom stereocenters. The summed E-state index contributed by atoms with van der Waals surface area (Å²) in [6.45, 7) is 0. The highest BCUT2D eigenvalue weighted by molar-refractivity contribution is 14.2. The third-order valence-electron chi connectivity index (χ3n) is 0. The largest absolute Gasteiger partial charge is 0.289 e. The fraction of sp³-hybridized carbons (Fsp3) is 0. The Morgan fingerprint density at radius 3 is 1.50 bits per heavy atom. The van der Waals surface area contributed by atoms with Crippen molar-refractivity contribution < 1.29 is 0 Å². The monoisotopic (exact) mass is 281 g/mol. The second kappa shape index (κ2) is 2.37. The van der Waals surface area contributed by atoms with Crippen LogP contribution in [0.1, 0.15) is 0 Å². The van der Waals surface area contributed by atoms with Crippen LogP contribution in [-0.4, -0.2) is 1.73 Å². The van der Waals surface area contributed by atoms with Crippen LogP contribution in [0.15, 0.2) is 0 Å². The fourth-order valence-corrected chi connectivity index (χ4v) is 0. The molecule has 0 spiro atoms. The van der Waals surface area contributed by atoms with Gasteiger partial charge < -0.3 is 0 Å². The fourth-order valence-electron chi connectivity index (χ4n) is 0. The van der Waals surface area contributed by atoms with Crippen LogP contribution in [-0.2, 0) is 0 Å². The van der Waals surface area contributed by atoms with E-state index in [2.05, 4.69) is 0 Å². The van der Waals surface area contributed by atoms with E-state index in [0.717, 1.165) is 0 Å². The van der Waals surface area contributed by atoms with Gasteiger partial charge in [0.1, 0.15) is 1.73 Å². The SMILES string of the molecule is N=C(I)I. The van der Waals surface area contributed by atoms with Crippen molar-refractivity contribution in [2.24, 2.45) is 0 Å². The minimum atomic E-state index is 0.607. The molecule has 4 heavy (non-hydrogen) atoms. The Labute approximate surface area is 51.9 Å². The Kier molecular flexibility index (Phi) is 3.04. The maximum Gasteiger partial charge on any atom is 0.130 e. The van der Waals surface area contributed by atoms with Crippen molar-refractivity contribution in [3.05, 3.63) is 0 Å². The van der Waals surface area contributed by atoms with Gasteiger partial charge in [-0.2, -0.15) is 0 Å². The first kappa shape index (κ1) is 5.13. The van der Waals surface area contributed by atoms with Gasteiger partial charge in [-0.1, -0.05) is 0 Å². The van der Waals surface area contributed by atoms with E-state index in [1.54, 1.807) is 0 Å². The maximum atomic E-state index is 6.47. The lowest BCUT2D eigenvalue weighted by molar-refractivity contribution is 1.60. The van der Waals surface area contributed by atoms with Crippen LogP contribution in [0.4, 0.5) is 0 Å². The number of halogens is 2. The zero-order valence-electron chi connectivity index (χ0n) is 1.76. The predicted molar refractivity (Wildman–Crippen MR) is 35.8 cm³/mol. The summed E-state index contributed by atoms with van der Waals surface area (Å²) < 4.78 is 0.607. The summed E-state index contributed by atoms with van der Waals surface area (Å²) in [4.78, 5) is 0. The van der Waals surface area contributed by atoms with Crippen molar-refractivity contribution >= 4 is 46.9 Å². The van der Waals surface area contributed by atoms with Gasteiger partial charge in [-0.05, 0) is 45.2 Å². The van der Waals surface area contributed by atoms with Gasteiger partial charge >= 0.3 is 0 Å². The first-order valence-corrected chi connectivity index (χ1v) is 2.79. The molecule has 1 nitrogen and oxygen atoms in total. The zero-order valence-corrected chi connectivity index (χ0v) is 6.07. The summed E-state index contributed by atoms with van der Waals surface area (Å²) in [7, 11) is 0. The molecule has 0 radical (unpaired) electrons.